The number of benzene rings is 2. The third-order valence-corrected chi connectivity index (χ3v) is 6.45. The molecule has 31 heavy (non-hydrogen) atoms. The zero-order valence-electron chi connectivity index (χ0n) is 18.1. The Morgan fingerprint density at radius 1 is 1.06 bits per heavy atom. The summed E-state index contributed by atoms with van der Waals surface area (Å²) in [6, 6.07) is 17.0. The number of aryl methyl sites for hydroxylation is 1. The van der Waals surface area contributed by atoms with Gasteiger partial charge in [-0.1, -0.05) is 36.4 Å². The molecule has 0 radical (unpaired) electrons. The third-order valence-electron chi connectivity index (χ3n) is 6.45. The zero-order chi connectivity index (χ0) is 21.4. The molecule has 1 atom stereocenters. The number of ether oxygens (including phenoxy) is 1. The number of aromatic nitrogens is 2. The highest BCUT2D eigenvalue weighted by Crippen LogP contribution is 2.42. The molecule has 2 aliphatic heterocycles. The minimum Gasteiger partial charge on any atom is -0.379 e. The fourth-order valence-corrected chi connectivity index (χ4v) is 4.90. The highest BCUT2D eigenvalue weighted by molar-refractivity contribution is 5.98. The third kappa shape index (κ3) is 3.56. The van der Waals surface area contributed by atoms with Crippen molar-refractivity contribution in [3.8, 4) is 22.4 Å². The summed E-state index contributed by atoms with van der Waals surface area (Å²) >= 11 is 0. The number of hydrogen-bond acceptors (Lipinski definition) is 4. The van der Waals surface area contributed by atoms with E-state index in [1.165, 1.54) is 5.56 Å². The van der Waals surface area contributed by atoms with Gasteiger partial charge in [-0.05, 0) is 30.2 Å². The minimum atomic E-state index is 0.0889. The van der Waals surface area contributed by atoms with Gasteiger partial charge in [0.05, 0.1) is 25.1 Å². The summed E-state index contributed by atoms with van der Waals surface area (Å²) in [5, 5.41) is 4.56. The molecule has 1 aromatic heterocycles. The van der Waals surface area contributed by atoms with E-state index in [2.05, 4.69) is 52.5 Å². The zero-order valence-corrected chi connectivity index (χ0v) is 18.1. The Balaban J connectivity index is 1.62. The van der Waals surface area contributed by atoms with Crippen molar-refractivity contribution in [2.75, 3.05) is 37.7 Å². The molecule has 0 N–H and O–H groups in total. The van der Waals surface area contributed by atoms with E-state index >= 15 is 0 Å². The topological polar surface area (TPSA) is 50.6 Å². The van der Waals surface area contributed by atoms with E-state index in [0.29, 0.717) is 13.0 Å². The van der Waals surface area contributed by atoms with Crippen LogP contribution in [-0.2, 0) is 16.6 Å². The van der Waals surface area contributed by atoms with Gasteiger partial charge in [-0.25, -0.2) is 0 Å². The molecule has 1 unspecified atom stereocenters. The normalized spacial score (nSPS) is 19.5. The number of nitrogens with zero attached hydrogens (tertiary/aromatic N) is 4. The van der Waals surface area contributed by atoms with Crippen LogP contribution in [0.4, 0.5) is 5.69 Å². The number of carbonyl (C=O) groups excluding carboxylic acids is 1. The van der Waals surface area contributed by atoms with Crippen LogP contribution in [-0.4, -0.2) is 53.4 Å². The second-order valence-electron chi connectivity index (χ2n) is 8.18. The SMILES string of the molecule is CCN1C(=O)CC(N2CCOCC2)c2cc(-c3cnn(C)c3-c3ccccc3)ccc21. The number of anilines is 1. The molecular formula is C25H28N4O2. The van der Waals surface area contributed by atoms with Gasteiger partial charge in [0.2, 0.25) is 5.91 Å². The lowest BCUT2D eigenvalue weighted by atomic mass is 9.90. The highest BCUT2D eigenvalue weighted by atomic mass is 16.5. The summed E-state index contributed by atoms with van der Waals surface area (Å²) < 4.78 is 7.50. The summed E-state index contributed by atoms with van der Waals surface area (Å²) in [4.78, 5) is 17.2. The van der Waals surface area contributed by atoms with Gasteiger partial charge >= 0.3 is 0 Å². The van der Waals surface area contributed by atoms with Crippen molar-refractivity contribution in [1.29, 1.82) is 0 Å². The molecule has 3 aromatic rings. The van der Waals surface area contributed by atoms with Crippen molar-refractivity contribution in [3.05, 3.63) is 60.3 Å². The summed E-state index contributed by atoms with van der Waals surface area (Å²) in [6.07, 6.45) is 2.46. The van der Waals surface area contributed by atoms with Crippen molar-refractivity contribution in [1.82, 2.24) is 14.7 Å². The Morgan fingerprint density at radius 2 is 1.84 bits per heavy atom. The quantitative estimate of drug-likeness (QED) is 0.648. The van der Waals surface area contributed by atoms with Gasteiger partial charge in [-0.3, -0.25) is 14.4 Å². The maximum atomic E-state index is 12.9. The molecule has 2 aromatic carbocycles. The lowest BCUT2D eigenvalue weighted by Gasteiger charge is -2.41. The van der Waals surface area contributed by atoms with Crippen molar-refractivity contribution >= 4 is 11.6 Å². The van der Waals surface area contributed by atoms with Gasteiger partial charge in [0.15, 0.2) is 0 Å². The van der Waals surface area contributed by atoms with E-state index in [-0.39, 0.29) is 11.9 Å². The fourth-order valence-electron chi connectivity index (χ4n) is 4.90. The molecule has 0 bridgehead atoms. The van der Waals surface area contributed by atoms with Gasteiger partial charge in [-0.15, -0.1) is 0 Å². The summed E-state index contributed by atoms with van der Waals surface area (Å²) in [7, 11) is 1.98. The Labute approximate surface area is 183 Å². The molecule has 1 fully saturated rings. The smallest absolute Gasteiger partial charge is 0.228 e. The molecule has 2 aliphatic rings. The first-order chi connectivity index (χ1) is 15.2. The van der Waals surface area contributed by atoms with Crippen molar-refractivity contribution < 1.29 is 9.53 Å². The van der Waals surface area contributed by atoms with Gasteiger partial charge in [-0.2, -0.15) is 5.10 Å². The molecular weight excluding hydrogens is 388 g/mol. The van der Waals surface area contributed by atoms with Crippen LogP contribution in [0.5, 0.6) is 0 Å². The van der Waals surface area contributed by atoms with Gasteiger partial charge in [0.1, 0.15) is 0 Å². The average Bonchev–Trinajstić information content (AvgIpc) is 3.21. The summed E-state index contributed by atoms with van der Waals surface area (Å²) in [6.45, 7) is 5.88. The van der Waals surface area contributed by atoms with Gasteiger partial charge in [0, 0.05) is 56.0 Å². The van der Waals surface area contributed by atoms with Crippen molar-refractivity contribution in [2.24, 2.45) is 7.05 Å². The Kier molecular flexibility index (Phi) is 5.34. The maximum Gasteiger partial charge on any atom is 0.228 e. The van der Waals surface area contributed by atoms with Crippen LogP contribution in [0.2, 0.25) is 0 Å². The number of morpholine rings is 1. The van der Waals surface area contributed by atoms with Crippen LogP contribution in [0.15, 0.2) is 54.7 Å². The van der Waals surface area contributed by atoms with Crippen LogP contribution in [0.25, 0.3) is 22.4 Å². The summed E-state index contributed by atoms with van der Waals surface area (Å²) in [5.41, 5.74) is 6.74. The Morgan fingerprint density at radius 3 is 2.58 bits per heavy atom. The predicted molar refractivity (Wildman–Crippen MR) is 122 cm³/mol. The minimum absolute atomic E-state index is 0.0889. The lowest BCUT2D eigenvalue weighted by molar-refractivity contribution is -0.121. The molecule has 6 heteroatoms. The summed E-state index contributed by atoms with van der Waals surface area (Å²) in [5.74, 6) is 0.200. The molecule has 5 rings (SSSR count). The van der Waals surface area contributed by atoms with Crippen LogP contribution < -0.4 is 4.90 Å². The van der Waals surface area contributed by atoms with Crippen LogP contribution in [0.1, 0.15) is 24.9 Å². The van der Waals surface area contributed by atoms with Crippen LogP contribution in [0, 0.1) is 0 Å². The van der Waals surface area contributed by atoms with Crippen LogP contribution in [0.3, 0.4) is 0 Å². The average molecular weight is 417 g/mol. The number of fused-ring (bicyclic) bond motifs is 1. The van der Waals surface area contributed by atoms with Gasteiger partial charge in [0.25, 0.3) is 0 Å². The van der Waals surface area contributed by atoms with Crippen molar-refractivity contribution in [2.45, 2.75) is 19.4 Å². The highest BCUT2D eigenvalue weighted by Gasteiger charge is 2.35. The standard InChI is InChI=1S/C25H28N4O2/c1-3-29-22-10-9-19(21-17-26-27(2)25(21)18-7-5-4-6-8-18)15-20(22)23(16-24(29)30)28-11-13-31-14-12-28/h4-10,15,17,23H,3,11-14,16H2,1-2H3. The van der Waals surface area contributed by atoms with Crippen LogP contribution >= 0.6 is 0 Å². The first-order valence-corrected chi connectivity index (χ1v) is 11.0. The number of hydrogen-bond donors (Lipinski definition) is 0. The predicted octanol–water partition coefficient (Wildman–Crippen LogP) is 3.88. The molecule has 6 nitrogen and oxygen atoms in total. The number of amides is 1. The van der Waals surface area contributed by atoms with E-state index in [9.17, 15) is 4.79 Å². The fraction of sp³-hybridized carbons (Fsp3) is 0.360. The first-order valence-electron chi connectivity index (χ1n) is 11.0. The van der Waals surface area contributed by atoms with E-state index in [1.54, 1.807) is 0 Å². The molecule has 1 saturated heterocycles. The molecule has 0 spiro atoms. The Hall–Kier alpha value is -2.96. The van der Waals surface area contributed by atoms with Gasteiger partial charge < -0.3 is 9.64 Å². The second kappa shape index (κ2) is 8.29. The Bertz CT molecular complexity index is 1090. The number of rotatable bonds is 4. The van der Waals surface area contributed by atoms with E-state index in [1.807, 2.05) is 35.8 Å². The molecule has 3 heterocycles. The maximum absolute atomic E-state index is 12.9. The molecule has 1 amide bonds. The molecule has 160 valence electrons. The van der Waals surface area contributed by atoms with E-state index in [4.69, 9.17) is 4.74 Å². The number of carbonyl (C=O) groups is 1. The largest absolute Gasteiger partial charge is 0.379 e. The second-order valence-corrected chi connectivity index (χ2v) is 8.18. The molecule has 0 saturated carbocycles. The first kappa shape index (κ1) is 20.0. The monoisotopic (exact) mass is 416 g/mol. The van der Waals surface area contributed by atoms with E-state index in [0.717, 1.165) is 54.4 Å². The van der Waals surface area contributed by atoms with Crippen molar-refractivity contribution in [3.63, 3.8) is 0 Å². The van der Waals surface area contributed by atoms with E-state index < -0.39 is 0 Å². The lowest BCUT2D eigenvalue weighted by Crippen LogP contribution is -2.45. The molecule has 0 aliphatic carbocycles.